The third-order valence-corrected chi connectivity index (χ3v) is 5.50. The van der Waals surface area contributed by atoms with Gasteiger partial charge in [-0.2, -0.15) is 0 Å². The van der Waals surface area contributed by atoms with Crippen LogP contribution in [0.1, 0.15) is 38.2 Å². The van der Waals surface area contributed by atoms with E-state index in [1.54, 1.807) is 0 Å². The minimum absolute atomic E-state index is 0.0196. The third-order valence-electron chi connectivity index (χ3n) is 5.27. The Morgan fingerprint density at radius 2 is 2.14 bits per heavy atom. The molecule has 1 aliphatic heterocycles. The highest BCUT2D eigenvalue weighted by Crippen LogP contribution is 2.41. The Morgan fingerprint density at radius 1 is 1.41 bits per heavy atom. The number of ether oxygens (including phenoxy) is 1. The average Bonchev–Trinajstić information content (AvgIpc) is 2.86. The van der Waals surface area contributed by atoms with Crippen LogP contribution in [-0.2, 0) is 10.2 Å². The molecule has 5 heteroatoms. The van der Waals surface area contributed by atoms with Crippen LogP contribution in [0.25, 0.3) is 0 Å². The van der Waals surface area contributed by atoms with Crippen LogP contribution in [0.4, 0.5) is 4.79 Å². The first-order valence-corrected chi connectivity index (χ1v) is 8.35. The second kappa shape index (κ2) is 6.09. The molecule has 1 heterocycles. The summed E-state index contributed by atoms with van der Waals surface area (Å²) in [6.07, 6.45) is 3.71. The van der Waals surface area contributed by atoms with E-state index in [4.69, 9.17) is 22.1 Å². The number of rotatable bonds is 3. The molecule has 4 nitrogen and oxygen atoms in total. The normalized spacial score (nSPS) is 32.1. The van der Waals surface area contributed by atoms with E-state index in [2.05, 4.69) is 6.07 Å². The molecule has 1 atom stereocenters. The van der Waals surface area contributed by atoms with Crippen LogP contribution < -0.4 is 5.73 Å². The number of halogens is 1. The van der Waals surface area contributed by atoms with Crippen molar-refractivity contribution in [3.05, 3.63) is 34.9 Å². The van der Waals surface area contributed by atoms with Gasteiger partial charge < -0.3 is 10.5 Å². The van der Waals surface area contributed by atoms with E-state index in [1.807, 2.05) is 30.0 Å². The lowest BCUT2D eigenvalue weighted by Gasteiger charge is -2.42. The fraction of sp³-hybridized carbons (Fsp3) is 0.588. The van der Waals surface area contributed by atoms with E-state index in [0.717, 1.165) is 30.7 Å². The number of hydrogen-bond acceptors (Lipinski definition) is 3. The molecule has 1 unspecified atom stereocenters. The van der Waals surface area contributed by atoms with Crippen molar-refractivity contribution in [2.24, 2.45) is 5.73 Å². The van der Waals surface area contributed by atoms with E-state index < -0.39 is 0 Å². The van der Waals surface area contributed by atoms with Crippen molar-refractivity contribution in [2.45, 2.75) is 50.1 Å². The molecular weight excluding hydrogens is 300 g/mol. The van der Waals surface area contributed by atoms with Crippen molar-refractivity contribution in [1.29, 1.82) is 0 Å². The van der Waals surface area contributed by atoms with Gasteiger partial charge in [-0.25, -0.2) is 4.79 Å². The quantitative estimate of drug-likeness (QED) is 0.928. The molecule has 2 fully saturated rings. The lowest BCUT2D eigenvalue weighted by molar-refractivity contribution is 0.119. The van der Waals surface area contributed by atoms with Crippen LogP contribution >= 0.6 is 11.6 Å². The molecule has 1 saturated carbocycles. The number of cyclic esters (lactones) is 1. The zero-order chi connectivity index (χ0) is 15.7. The number of nitrogens with two attached hydrogens (primary N) is 1. The number of amides is 1. The molecule has 0 spiro atoms. The zero-order valence-electron chi connectivity index (χ0n) is 12.9. The van der Waals surface area contributed by atoms with E-state index in [0.29, 0.717) is 13.2 Å². The monoisotopic (exact) mass is 322 g/mol. The van der Waals surface area contributed by atoms with Gasteiger partial charge in [0.2, 0.25) is 0 Å². The van der Waals surface area contributed by atoms with Crippen molar-refractivity contribution in [1.82, 2.24) is 4.90 Å². The molecule has 1 aliphatic carbocycles. The number of hydrogen-bond donors (Lipinski definition) is 1. The molecule has 1 amide bonds. The SMILES string of the molecule is CC1COC(=O)N1C1CCC(CN)(c2cccc(Cl)c2)CC1. The molecule has 0 aromatic heterocycles. The second-order valence-corrected chi connectivity index (χ2v) is 7.00. The Labute approximate surface area is 136 Å². The summed E-state index contributed by atoms with van der Waals surface area (Å²) in [6, 6.07) is 8.47. The van der Waals surface area contributed by atoms with Crippen molar-refractivity contribution in [3.63, 3.8) is 0 Å². The summed E-state index contributed by atoms with van der Waals surface area (Å²) in [5, 5.41) is 0.754. The van der Waals surface area contributed by atoms with Gasteiger partial charge in [0.15, 0.2) is 0 Å². The summed E-state index contributed by atoms with van der Waals surface area (Å²) < 4.78 is 5.15. The summed E-state index contributed by atoms with van der Waals surface area (Å²) in [6.45, 7) is 3.17. The fourth-order valence-corrected chi connectivity index (χ4v) is 4.09. The first kappa shape index (κ1) is 15.6. The number of carbonyl (C=O) groups excluding carboxylic acids is 1. The molecular formula is C17H23ClN2O2. The molecule has 0 radical (unpaired) electrons. The summed E-state index contributed by atoms with van der Waals surface area (Å²) in [4.78, 5) is 13.8. The summed E-state index contributed by atoms with van der Waals surface area (Å²) in [7, 11) is 0. The molecule has 1 saturated heterocycles. The van der Waals surface area contributed by atoms with Crippen molar-refractivity contribution in [3.8, 4) is 0 Å². The van der Waals surface area contributed by atoms with Gasteiger partial charge in [-0.1, -0.05) is 23.7 Å². The van der Waals surface area contributed by atoms with Crippen molar-refractivity contribution < 1.29 is 9.53 Å². The first-order valence-electron chi connectivity index (χ1n) is 7.97. The maximum absolute atomic E-state index is 11.9. The van der Waals surface area contributed by atoms with Gasteiger partial charge in [-0.05, 0) is 50.3 Å². The summed E-state index contributed by atoms with van der Waals surface area (Å²) in [5.41, 5.74) is 7.33. The predicted molar refractivity (Wildman–Crippen MR) is 87.1 cm³/mol. The second-order valence-electron chi connectivity index (χ2n) is 6.56. The molecule has 120 valence electrons. The lowest BCUT2D eigenvalue weighted by Crippen LogP contribution is -2.47. The van der Waals surface area contributed by atoms with Crippen molar-refractivity contribution in [2.75, 3.05) is 13.2 Å². The Balaban J connectivity index is 1.75. The Morgan fingerprint density at radius 3 is 2.68 bits per heavy atom. The first-order chi connectivity index (χ1) is 10.6. The topological polar surface area (TPSA) is 55.6 Å². The molecule has 2 aliphatic rings. The van der Waals surface area contributed by atoms with E-state index in [9.17, 15) is 4.79 Å². The maximum Gasteiger partial charge on any atom is 0.410 e. The molecule has 3 rings (SSSR count). The van der Waals surface area contributed by atoms with Crippen LogP contribution in [0.5, 0.6) is 0 Å². The summed E-state index contributed by atoms with van der Waals surface area (Å²) >= 11 is 6.14. The molecule has 22 heavy (non-hydrogen) atoms. The zero-order valence-corrected chi connectivity index (χ0v) is 13.7. The molecule has 0 bridgehead atoms. The average molecular weight is 323 g/mol. The Hall–Kier alpha value is -1.26. The van der Waals surface area contributed by atoms with Crippen LogP contribution in [0.15, 0.2) is 24.3 Å². The number of nitrogens with zero attached hydrogens (tertiary/aromatic N) is 1. The van der Waals surface area contributed by atoms with Gasteiger partial charge in [-0.15, -0.1) is 0 Å². The number of carbonyl (C=O) groups is 1. The molecule has 1 aromatic rings. The minimum atomic E-state index is -0.166. The van der Waals surface area contributed by atoms with Gasteiger partial charge in [0.25, 0.3) is 0 Å². The highest BCUT2D eigenvalue weighted by molar-refractivity contribution is 6.30. The van der Waals surface area contributed by atoms with E-state index >= 15 is 0 Å². The lowest BCUT2D eigenvalue weighted by atomic mass is 9.68. The smallest absolute Gasteiger partial charge is 0.410 e. The molecule has 1 aromatic carbocycles. The third kappa shape index (κ3) is 2.70. The fourth-order valence-electron chi connectivity index (χ4n) is 3.90. The Kier molecular flexibility index (Phi) is 4.33. The van der Waals surface area contributed by atoms with Gasteiger partial charge in [0.05, 0.1) is 6.04 Å². The van der Waals surface area contributed by atoms with Crippen LogP contribution in [0, 0.1) is 0 Å². The predicted octanol–water partition coefficient (Wildman–Crippen LogP) is 3.32. The van der Waals surface area contributed by atoms with Gasteiger partial charge in [0, 0.05) is 23.0 Å². The van der Waals surface area contributed by atoms with Crippen LogP contribution in [0.2, 0.25) is 5.02 Å². The largest absolute Gasteiger partial charge is 0.447 e. The van der Waals surface area contributed by atoms with Gasteiger partial charge in [0.1, 0.15) is 6.61 Å². The van der Waals surface area contributed by atoms with Crippen LogP contribution in [0.3, 0.4) is 0 Å². The highest BCUT2D eigenvalue weighted by atomic mass is 35.5. The van der Waals surface area contributed by atoms with Crippen molar-refractivity contribution >= 4 is 17.7 Å². The van der Waals surface area contributed by atoms with E-state index in [-0.39, 0.29) is 23.6 Å². The standard InChI is InChI=1S/C17H23ClN2O2/c1-12-10-22-16(21)20(12)15-5-7-17(11-19,8-6-15)13-3-2-4-14(18)9-13/h2-4,9,12,15H,5-8,10-11,19H2,1H3. The highest BCUT2D eigenvalue weighted by Gasteiger charge is 2.42. The maximum atomic E-state index is 11.9. The molecule has 2 N–H and O–H groups in total. The van der Waals surface area contributed by atoms with E-state index in [1.165, 1.54) is 5.56 Å². The van der Waals surface area contributed by atoms with Crippen LogP contribution in [-0.4, -0.2) is 36.2 Å². The van der Waals surface area contributed by atoms with Gasteiger partial charge in [-0.3, -0.25) is 4.90 Å². The Bertz CT molecular complexity index is 555. The summed E-state index contributed by atoms with van der Waals surface area (Å²) in [5.74, 6) is 0. The van der Waals surface area contributed by atoms with Gasteiger partial charge >= 0.3 is 6.09 Å². The number of benzene rings is 1. The minimum Gasteiger partial charge on any atom is -0.447 e.